The van der Waals surface area contributed by atoms with E-state index in [-0.39, 0.29) is 5.91 Å². The van der Waals surface area contributed by atoms with Gasteiger partial charge in [0.15, 0.2) is 0 Å². The molecule has 0 saturated carbocycles. The van der Waals surface area contributed by atoms with Crippen LogP contribution in [0.3, 0.4) is 0 Å². The van der Waals surface area contributed by atoms with Crippen LogP contribution in [0.25, 0.3) is 10.9 Å². The van der Waals surface area contributed by atoms with E-state index in [0.717, 1.165) is 42.8 Å². The first-order valence-electron chi connectivity index (χ1n) is 8.75. The number of anilines is 2. The van der Waals surface area contributed by atoms with Crippen molar-refractivity contribution in [2.75, 3.05) is 43.4 Å². The molecule has 1 aromatic carbocycles. The van der Waals surface area contributed by atoms with Crippen molar-refractivity contribution in [3.63, 3.8) is 0 Å². The zero-order valence-electron chi connectivity index (χ0n) is 14.7. The van der Waals surface area contributed by atoms with Crippen LogP contribution in [0.15, 0.2) is 54.9 Å². The second kappa shape index (κ2) is 7.09. The summed E-state index contributed by atoms with van der Waals surface area (Å²) in [6.07, 6.45) is 3.42. The molecule has 3 heterocycles. The third-order valence-electron chi connectivity index (χ3n) is 4.73. The number of rotatable bonds is 3. The molecule has 1 fully saturated rings. The van der Waals surface area contributed by atoms with E-state index in [4.69, 9.17) is 0 Å². The number of piperazine rings is 1. The number of likely N-dealkylation sites (N-methyl/N-ethyl adjacent to an activating group) is 1. The van der Waals surface area contributed by atoms with Crippen molar-refractivity contribution in [3.8, 4) is 0 Å². The van der Waals surface area contributed by atoms with Gasteiger partial charge in [-0.25, -0.2) is 0 Å². The van der Waals surface area contributed by atoms with Gasteiger partial charge in [0, 0.05) is 49.6 Å². The number of fused-ring (bicyclic) bond motifs is 1. The highest BCUT2D eigenvalue weighted by molar-refractivity contribution is 6.07. The Kier molecular flexibility index (Phi) is 4.50. The minimum absolute atomic E-state index is 0.223. The second-order valence-electron chi connectivity index (χ2n) is 6.52. The lowest BCUT2D eigenvalue weighted by Crippen LogP contribution is -2.44. The molecule has 6 nitrogen and oxygen atoms in total. The van der Waals surface area contributed by atoms with Crippen LogP contribution in [0.2, 0.25) is 0 Å². The van der Waals surface area contributed by atoms with Gasteiger partial charge >= 0.3 is 0 Å². The van der Waals surface area contributed by atoms with Crippen LogP contribution >= 0.6 is 0 Å². The van der Waals surface area contributed by atoms with E-state index < -0.39 is 0 Å². The zero-order valence-corrected chi connectivity index (χ0v) is 14.7. The van der Waals surface area contributed by atoms with Crippen LogP contribution in [0, 0.1) is 0 Å². The molecule has 0 radical (unpaired) electrons. The maximum Gasteiger partial charge on any atom is 0.274 e. The second-order valence-corrected chi connectivity index (χ2v) is 6.52. The minimum Gasteiger partial charge on any atom is -0.369 e. The van der Waals surface area contributed by atoms with Gasteiger partial charge in [-0.2, -0.15) is 0 Å². The molecule has 1 saturated heterocycles. The number of pyridine rings is 2. The van der Waals surface area contributed by atoms with Crippen molar-refractivity contribution in [3.05, 3.63) is 60.6 Å². The fourth-order valence-corrected chi connectivity index (χ4v) is 3.20. The average molecular weight is 347 g/mol. The number of amides is 1. The zero-order chi connectivity index (χ0) is 17.9. The lowest BCUT2D eigenvalue weighted by molar-refractivity contribution is 0.102. The molecular weight excluding hydrogens is 326 g/mol. The summed E-state index contributed by atoms with van der Waals surface area (Å²) in [5.74, 6) is -0.223. The van der Waals surface area contributed by atoms with Crippen LogP contribution in [0.5, 0.6) is 0 Å². The topological polar surface area (TPSA) is 61.4 Å². The lowest BCUT2D eigenvalue weighted by atomic mass is 10.2. The molecule has 0 aliphatic carbocycles. The van der Waals surface area contributed by atoms with Crippen LogP contribution in [-0.4, -0.2) is 54.0 Å². The number of benzene rings is 1. The number of carbonyl (C=O) groups is 1. The summed E-state index contributed by atoms with van der Waals surface area (Å²) in [5, 5.41) is 3.94. The highest BCUT2D eigenvalue weighted by Crippen LogP contribution is 2.22. The molecule has 1 aliphatic heterocycles. The number of nitrogens with zero attached hydrogens (tertiary/aromatic N) is 4. The first-order chi connectivity index (χ1) is 12.7. The normalized spacial score (nSPS) is 15.2. The number of hydrogen-bond donors (Lipinski definition) is 1. The number of aromatic nitrogens is 2. The highest BCUT2D eigenvalue weighted by atomic mass is 16.1. The first kappa shape index (κ1) is 16.5. The Morgan fingerprint density at radius 3 is 2.65 bits per heavy atom. The molecule has 26 heavy (non-hydrogen) atoms. The van der Waals surface area contributed by atoms with Crippen molar-refractivity contribution in [1.29, 1.82) is 0 Å². The van der Waals surface area contributed by atoms with Crippen molar-refractivity contribution in [2.24, 2.45) is 0 Å². The average Bonchev–Trinajstić information content (AvgIpc) is 2.69. The number of carbonyl (C=O) groups excluding carboxylic acids is 1. The molecule has 1 amide bonds. The van der Waals surface area contributed by atoms with Gasteiger partial charge in [-0.1, -0.05) is 18.2 Å². The van der Waals surface area contributed by atoms with Gasteiger partial charge in [0.05, 0.1) is 11.2 Å². The predicted octanol–water partition coefficient (Wildman–Crippen LogP) is 2.63. The van der Waals surface area contributed by atoms with E-state index >= 15 is 0 Å². The molecule has 1 aliphatic rings. The first-order valence-corrected chi connectivity index (χ1v) is 8.75. The summed E-state index contributed by atoms with van der Waals surface area (Å²) in [6, 6.07) is 13.4. The van der Waals surface area contributed by atoms with Gasteiger partial charge in [-0.15, -0.1) is 0 Å². The van der Waals surface area contributed by atoms with E-state index in [9.17, 15) is 4.79 Å². The third-order valence-corrected chi connectivity index (χ3v) is 4.73. The summed E-state index contributed by atoms with van der Waals surface area (Å²) in [4.78, 5) is 25.9. The molecule has 2 aromatic heterocycles. The van der Waals surface area contributed by atoms with Crippen molar-refractivity contribution in [2.45, 2.75) is 0 Å². The molecule has 1 N–H and O–H groups in total. The Balaban J connectivity index is 1.56. The molecule has 4 rings (SSSR count). The Labute approximate surface area is 152 Å². The third kappa shape index (κ3) is 3.36. The van der Waals surface area contributed by atoms with Crippen molar-refractivity contribution < 1.29 is 4.79 Å². The van der Waals surface area contributed by atoms with Gasteiger partial charge in [-0.3, -0.25) is 14.8 Å². The van der Waals surface area contributed by atoms with E-state index in [1.807, 2.05) is 42.5 Å². The molecule has 0 atom stereocenters. The molecule has 0 spiro atoms. The number of hydrogen-bond acceptors (Lipinski definition) is 5. The van der Waals surface area contributed by atoms with E-state index in [2.05, 4.69) is 32.1 Å². The monoisotopic (exact) mass is 347 g/mol. The van der Waals surface area contributed by atoms with Crippen LogP contribution in [0.1, 0.15) is 10.5 Å². The van der Waals surface area contributed by atoms with Gasteiger partial charge < -0.3 is 15.1 Å². The molecule has 132 valence electrons. The number of nitrogens with one attached hydrogen (secondary N) is 1. The van der Waals surface area contributed by atoms with Crippen LogP contribution in [-0.2, 0) is 0 Å². The molecular formula is C20H21N5O. The molecule has 0 unspecified atom stereocenters. The van der Waals surface area contributed by atoms with Gasteiger partial charge in [-0.05, 0) is 31.3 Å². The number of para-hydroxylation sites is 1. The van der Waals surface area contributed by atoms with Gasteiger partial charge in [0.1, 0.15) is 5.69 Å². The van der Waals surface area contributed by atoms with E-state index in [1.54, 1.807) is 12.4 Å². The van der Waals surface area contributed by atoms with E-state index in [0.29, 0.717) is 11.4 Å². The van der Waals surface area contributed by atoms with E-state index in [1.165, 1.54) is 0 Å². The standard InChI is InChI=1S/C20H21N5O/c1-24-10-12-25(13-11-24)16-7-9-21-18(14-16)20(26)23-17-6-2-4-15-5-3-8-22-19(15)17/h2-9,14H,10-13H2,1H3,(H,23,26). The smallest absolute Gasteiger partial charge is 0.274 e. The maximum absolute atomic E-state index is 12.7. The van der Waals surface area contributed by atoms with Gasteiger partial charge in [0.25, 0.3) is 5.91 Å². The molecule has 6 heteroatoms. The SMILES string of the molecule is CN1CCN(c2ccnc(C(=O)Nc3cccc4cccnc34)c2)CC1. The van der Waals surface area contributed by atoms with Crippen LogP contribution in [0.4, 0.5) is 11.4 Å². The Morgan fingerprint density at radius 2 is 1.81 bits per heavy atom. The molecule has 0 bridgehead atoms. The summed E-state index contributed by atoms with van der Waals surface area (Å²) >= 11 is 0. The lowest BCUT2D eigenvalue weighted by Gasteiger charge is -2.34. The highest BCUT2D eigenvalue weighted by Gasteiger charge is 2.17. The minimum atomic E-state index is -0.223. The Hall–Kier alpha value is -2.99. The van der Waals surface area contributed by atoms with Crippen molar-refractivity contribution in [1.82, 2.24) is 14.9 Å². The van der Waals surface area contributed by atoms with Crippen molar-refractivity contribution >= 4 is 28.2 Å². The fraction of sp³-hybridized carbons (Fsp3) is 0.250. The Bertz CT molecular complexity index is 929. The summed E-state index contributed by atoms with van der Waals surface area (Å²) in [7, 11) is 2.13. The maximum atomic E-state index is 12.7. The molecule has 3 aromatic rings. The summed E-state index contributed by atoms with van der Waals surface area (Å²) < 4.78 is 0. The van der Waals surface area contributed by atoms with Crippen LogP contribution < -0.4 is 10.2 Å². The predicted molar refractivity (Wildman–Crippen MR) is 104 cm³/mol. The Morgan fingerprint density at radius 1 is 1.00 bits per heavy atom. The summed E-state index contributed by atoms with van der Waals surface area (Å²) in [5.41, 5.74) is 2.92. The fourth-order valence-electron chi connectivity index (χ4n) is 3.20. The van der Waals surface area contributed by atoms with Gasteiger partial charge in [0.2, 0.25) is 0 Å². The summed E-state index contributed by atoms with van der Waals surface area (Å²) in [6.45, 7) is 3.95. The largest absolute Gasteiger partial charge is 0.369 e. The quantitative estimate of drug-likeness (QED) is 0.789.